The van der Waals surface area contributed by atoms with Gasteiger partial charge in [0.2, 0.25) is 5.89 Å². The molecule has 2 aromatic rings. The molecule has 0 bridgehead atoms. The van der Waals surface area contributed by atoms with E-state index in [0.29, 0.717) is 16.9 Å². The molecule has 0 spiro atoms. The molecule has 7 nitrogen and oxygen atoms in total. The molecule has 0 atom stereocenters. The Hall–Kier alpha value is -2.09. The highest BCUT2D eigenvalue weighted by Gasteiger charge is 2.08. The van der Waals surface area contributed by atoms with Crippen molar-refractivity contribution >= 4 is 17.9 Å². The molecule has 0 aliphatic heterocycles. The van der Waals surface area contributed by atoms with Crippen molar-refractivity contribution in [3.63, 3.8) is 0 Å². The van der Waals surface area contributed by atoms with Crippen LogP contribution in [0.2, 0.25) is 0 Å². The van der Waals surface area contributed by atoms with Gasteiger partial charge in [0.1, 0.15) is 6.61 Å². The Morgan fingerprint density at radius 1 is 1.39 bits per heavy atom. The number of amides is 1. The second-order valence-electron chi connectivity index (χ2n) is 3.12. The van der Waals surface area contributed by atoms with Gasteiger partial charge in [0.05, 0.1) is 0 Å². The molecule has 18 heavy (non-hydrogen) atoms. The van der Waals surface area contributed by atoms with Crippen LogP contribution in [-0.4, -0.2) is 33.6 Å². The van der Waals surface area contributed by atoms with E-state index in [9.17, 15) is 4.79 Å². The molecule has 2 heterocycles. The molecular formula is C10H10N4O3S. The van der Waals surface area contributed by atoms with Gasteiger partial charge in [-0.1, -0.05) is 11.8 Å². The lowest BCUT2D eigenvalue weighted by Gasteiger charge is -1.97. The Bertz CT molecular complexity index is 517. The van der Waals surface area contributed by atoms with Gasteiger partial charge in [-0.05, 0) is 12.1 Å². The molecule has 1 amide bonds. The van der Waals surface area contributed by atoms with Crippen LogP contribution in [-0.2, 0) is 4.74 Å². The van der Waals surface area contributed by atoms with Gasteiger partial charge in [0, 0.05) is 23.7 Å². The van der Waals surface area contributed by atoms with Crippen molar-refractivity contribution in [3.8, 4) is 11.5 Å². The predicted octanol–water partition coefficient (Wildman–Crippen LogP) is 1.32. The van der Waals surface area contributed by atoms with Crippen molar-refractivity contribution in [2.24, 2.45) is 5.73 Å². The van der Waals surface area contributed by atoms with Crippen LogP contribution in [0.4, 0.5) is 4.79 Å². The third-order valence-corrected chi connectivity index (χ3v) is 2.67. The zero-order valence-corrected chi connectivity index (χ0v) is 10.1. The molecule has 0 aliphatic rings. The highest BCUT2D eigenvalue weighted by molar-refractivity contribution is 7.99. The predicted molar refractivity (Wildman–Crippen MR) is 63.8 cm³/mol. The second-order valence-corrected chi connectivity index (χ2v) is 4.17. The molecule has 2 aromatic heterocycles. The largest absolute Gasteiger partial charge is 0.449 e. The molecule has 0 aliphatic carbocycles. The molecule has 0 aromatic carbocycles. The standard InChI is InChI=1S/C10H10N4O3S/c11-9(15)16-5-6-18-10-14-13-8(17-10)7-1-3-12-4-2-7/h1-4H,5-6H2,(H2,11,15). The minimum absolute atomic E-state index is 0.201. The molecule has 2 N–H and O–H groups in total. The zero-order valence-electron chi connectivity index (χ0n) is 9.28. The summed E-state index contributed by atoms with van der Waals surface area (Å²) in [6.45, 7) is 0.201. The van der Waals surface area contributed by atoms with Crippen LogP contribution < -0.4 is 5.73 Å². The van der Waals surface area contributed by atoms with E-state index in [-0.39, 0.29) is 6.61 Å². The molecule has 0 saturated carbocycles. The Balaban J connectivity index is 1.89. The van der Waals surface area contributed by atoms with Crippen LogP contribution in [0.3, 0.4) is 0 Å². The van der Waals surface area contributed by atoms with Crippen LogP contribution >= 0.6 is 11.8 Å². The number of carbonyl (C=O) groups excluding carboxylic acids is 1. The summed E-state index contributed by atoms with van der Waals surface area (Å²) >= 11 is 1.29. The van der Waals surface area contributed by atoms with Crippen molar-refractivity contribution in [2.45, 2.75) is 5.22 Å². The fourth-order valence-corrected chi connectivity index (χ4v) is 1.73. The first-order chi connectivity index (χ1) is 8.75. The summed E-state index contributed by atoms with van der Waals surface area (Å²) in [6, 6.07) is 3.55. The Kier molecular flexibility index (Phi) is 4.13. The second kappa shape index (κ2) is 6.01. The number of nitrogens with zero attached hydrogens (tertiary/aromatic N) is 3. The smallest absolute Gasteiger partial charge is 0.404 e. The summed E-state index contributed by atoms with van der Waals surface area (Å²) in [6.07, 6.45) is 2.50. The normalized spacial score (nSPS) is 10.2. The average Bonchev–Trinajstić information content (AvgIpc) is 2.84. The Labute approximate surface area is 107 Å². The van der Waals surface area contributed by atoms with Gasteiger partial charge in [-0.2, -0.15) is 0 Å². The first-order valence-corrected chi connectivity index (χ1v) is 6.03. The minimum atomic E-state index is -0.793. The van der Waals surface area contributed by atoms with Gasteiger partial charge >= 0.3 is 6.09 Å². The fourth-order valence-electron chi connectivity index (χ4n) is 1.15. The molecule has 2 rings (SSSR count). The number of aromatic nitrogens is 3. The van der Waals surface area contributed by atoms with Crippen molar-refractivity contribution in [1.29, 1.82) is 0 Å². The zero-order chi connectivity index (χ0) is 12.8. The lowest BCUT2D eigenvalue weighted by molar-refractivity contribution is 0.164. The van der Waals surface area contributed by atoms with E-state index in [1.165, 1.54) is 11.8 Å². The molecule has 94 valence electrons. The number of pyridine rings is 1. The van der Waals surface area contributed by atoms with Crippen LogP contribution in [0.1, 0.15) is 0 Å². The summed E-state index contributed by atoms with van der Waals surface area (Å²) in [5.41, 5.74) is 5.63. The molecule has 0 radical (unpaired) electrons. The van der Waals surface area contributed by atoms with Gasteiger partial charge in [-0.15, -0.1) is 10.2 Å². The third kappa shape index (κ3) is 3.45. The highest BCUT2D eigenvalue weighted by Crippen LogP contribution is 2.22. The lowest BCUT2D eigenvalue weighted by Crippen LogP contribution is -2.14. The number of carbonyl (C=O) groups is 1. The first kappa shape index (κ1) is 12.4. The number of rotatable bonds is 5. The van der Waals surface area contributed by atoms with E-state index in [1.54, 1.807) is 24.5 Å². The van der Waals surface area contributed by atoms with Crippen molar-refractivity contribution < 1.29 is 13.9 Å². The summed E-state index contributed by atoms with van der Waals surface area (Å²) in [5.74, 6) is 0.928. The number of hydrogen-bond donors (Lipinski definition) is 1. The Morgan fingerprint density at radius 3 is 2.89 bits per heavy atom. The monoisotopic (exact) mass is 266 g/mol. The van der Waals surface area contributed by atoms with E-state index >= 15 is 0 Å². The highest BCUT2D eigenvalue weighted by atomic mass is 32.2. The quantitative estimate of drug-likeness (QED) is 0.642. The Morgan fingerprint density at radius 2 is 2.17 bits per heavy atom. The van der Waals surface area contributed by atoms with Gasteiger partial charge in [0.15, 0.2) is 0 Å². The first-order valence-electron chi connectivity index (χ1n) is 5.04. The topological polar surface area (TPSA) is 104 Å². The van der Waals surface area contributed by atoms with E-state index in [0.717, 1.165) is 5.56 Å². The van der Waals surface area contributed by atoms with Crippen LogP contribution in [0.15, 0.2) is 34.2 Å². The molecule has 0 saturated heterocycles. The summed E-state index contributed by atoms with van der Waals surface area (Å²) < 4.78 is 9.99. The molecule has 0 unspecified atom stereocenters. The number of ether oxygens (including phenoxy) is 1. The number of primary amides is 1. The number of thioether (sulfide) groups is 1. The van der Waals surface area contributed by atoms with Gasteiger partial charge in [0.25, 0.3) is 5.22 Å². The third-order valence-electron chi connectivity index (χ3n) is 1.89. The molecular weight excluding hydrogens is 256 g/mol. The van der Waals surface area contributed by atoms with E-state index in [1.807, 2.05) is 0 Å². The maximum atomic E-state index is 10.3. The van der Waals surface area contributed by atoms with Gasteiger partial charge in [-0.25, -0.2) is 4.79 Å². The summed E-state index contributed by atoms with van der Waals surface area (Å²) in [5, 5.41) is 8.18. The van der Waals surface area contributed by atoms with Crippen molar-refractivity contribution in [2.75, 3.05) is 12.4 Å². The molecule has 8 heteroatoms. The van der Waals surface area contributed by atoms with Gasteiger partial charge < -0.3 is 14.9 Å². The van der Waals surface area contributed by atoms with Crippen LogP contribution in [0, 0.1) is 0 Å². The van der Waals surface area contributed by atoms with Gasteiger partial charge in [-0.3, -0.25) is 4.98 Å². The summed E-state index contributed by atoms with van der Waals surface area (Å²) in [7, 11) is 0. The van der Waals surface area contributed by atoms with E-state index in [2.05, 4.69) is 19.9 Å². The summed E-state index contributed by atoms with van der Waals surface area (Å²) in [4.78, 5) is 14.2. The van der Waals surface area contributed by atoms with Crippen molar-refractivity contribution in [3.05, 3.63) is 24.5 Å². The van der Waals surface area contributed by atoms with E-state index in [4.69, 9.17) is 10.2 Å². The molecule has 0 fully saturated rings. The maximum absolute atomic E-state index is 10.3. The SMILES string of the molecule is NC(=O)OCCSc1nnc(-c2ccncc2)o1. The number of hydrogen-bond acceptors (Lipinski definition) is 7. The average molecular weight is 266 g/mol. The van der Waals surface area contributed by atoms with Crippen LogP contribution in [0.5, 0.6) is 0 Å². The minimum Gasteiger partial charge on any atom is -0.449 e. The van der Waals surface area contributed by atoms with Crippen LogP contribution in [0.25, 0.3) is 11.5 Å². The fraction of sp³-hybridized carbons (Fsp3) is 0.200. The lowest BCUT2D eigenvalue weighted by atomic mass is 10.3. The van der Waals surface area contributed by atoms with E-state index < -0.39 is 6.09 Å². The number of nitrogens with two attached hydrogens (primary N) is 1. The maximum Gasteiger partial charge on any atom is 0.404 e. The van der Waals surface area contributed by atoms with Crippen molar-refractivity contribution in [1.82, 2.24) is 15.2 Å².